The molecular weight excluding hydrogens is 172 g/mol. The number of hydrogen-bond donors (Lipinski definition) is 1. The predicted octanol–water partition coefficient (Wildman–Crippen LogP) is 2.61. The number of nitrogens with one attached hydrogen (secondary N) is 1. The van der Waals surface area contributed by atoms with Gasteiger partial charge < -0.3 is 4.98 Å². The molecule has 12 heavy (non-hydrogen) atoms. The first kappa shape index (κ1) is 9.59. The molecule has 0 bridgehead atoms. The Kier molecular flexibility index (Phi) is 3.60. The van der Waals surface area contributed by atoms with Gasteiger partial charge in [-0.2, -0.15) is 0 Å². The Morgan fingerprint density at radius 3 is 2.92 bits per heavy atom. The van der Waals surface area contributed by atoms with Gasteiger partial charge in [-0.05, 0) is 5.92 Å². The third-order valence-corrected chi connectivity index (χ3v) is 2.79. The van der Waals surface area contributed by atoms with Crippen molar-refractivity contribution in [3.63, 3.8) is 0 Å². The van der Waals surface area contributed by atoms with E-state index in [0.717, 1.165) is 18.7 Å². The van der Waals surface area contributed by atoms with Gasteiger partial charge in [-0.1, -0.05) is 20.3 Å². The second-order valence-corrected chi connectivity index (χ2v) is 3.70. The van der Waals surface area contributed by atoms with Gasteiger partial charge in [0.05, 0.1) is 0 Å². The smallest absolute Gasteiger partial charge is 0.107 e. The van der Waals surface area contributed by atoms with Crippen LogP contribution >= 0.6 is 11.6 Å². The highest BCUT2D eigenvalue weighted by Crippen LogP contribution is 2.16. The van der Waals surface area contributed by atoms with Crippen molar-refractivity contribution in [3.8, 4) is 0 Å². The zero-order chi connectivity index (χ0) is 8.97. The van der Waals surface area contributed by atoms with E-state index in [1.54, 1.807) is 6.20 Å². The highest BCUT2D eigenvalue weighted by atomic mass is 35.5. The molecule has 1 aromatic heterocycles. The van der Waals surface area contributed by atoms with Crippen LogP contribution in [0.15, 0.2) is 12.4 Å². The molecule has 2 atom stereocenters. The standard InChI is InChI=1S/C9H15ClN2/c1-3-7(2)8(10)6-9-11-4-5-12-9/h4-5,7-8H,3,6H2,1-2H3,(H,11,12). The maximum absolute atomic E-state index is 6.16. The number of imidazole rings is 1. The van der Waals surface area contributed by atoms with Crippen molar-refractivity contribution in [2.75, 3.05) is 0 Å². The van der Waals surface area contributed by atoms with Crippen LogP contribution in [0.4, 0.5) is 0 Å². The Morgan fingerprint density at radius 2 is 2.42 bits per heavy atom. The van der Waals surface area contributed by atoms with Gasteiger partial charge in [-0.3, -0.25) is 0 Å². The number of alkyl halides is 1. The van der Waals surface area contributed by atoms with Crippen LogP contribution in [0.5, 0.6) is 0 Å². The largest absolute Gasteiger partial charge is 0.349 e. The number of H-pyrrole nitrogens is 1. The molecular formula is C9H15ClN2. The fourth-order valence-corrected chi connectivity index (χ4v) is 1.38. The molecule has 2 nitrogen and oxygen atoms in total. The van der Waals surface area contributed by atoms with E-state index in [1.807, 2.05) is 6.20 Å². The van der Waals surface area contributed by atoms with Crippen LogP contribution in [0.3, 0.4) is 0 Å². The van der Waals surface area contributed by atoms with E-state index < -0.39 is 0 Å². The first-order chi connectivity index (χ1) is 5.74. The summed E-state index contributed by atoms with van der Waals surface area (Å²) >= 11 is 6.16. The molecule has 0 aliphatic carbocycles. The monoisotopic (exact) mass is 186 g/mol. The van der Waals surface area contributed by atoms with Gasteiger partial charge in [-0.15, -0.1) is 11.6 Å². The second kappa shape index (κ2) is 4.51. The fourth-order valence-electron chi connectivity index (χ4n) is 1.05. The summed E-state index contributed by atoms with van der Waals surface area (Å²) in [5, 5.41) is 0.196. The average Bonchev–Trinajstić information content (AvgIpc) is 2.55. The van der Waals surface area contributed by atoms with E-state index in [2.05, 4.69) is 23.8 Å². The second-order valence-electron chi connectivity index (χ2n) is 3.14. The number of rotatable bonds is 4. The van der Waals surface area contributed by atoms with Crippen molar-refractivity contribution in [2.45, 2.75) is 32.1 Å². The third kappa shape index (κ3) is 2.52. The minimum absolute atomic E-state index is 0.196. The number of aromatic amines is 1. The maximum Gasteiger partial charge on any atom is 0.107 e. The molecule has 1 aromatic rings. The fraction of sp³-hybridized carbons (Fsp3) is 0.667. The normalized spacial score (nSPS) is 15.9. The lowest BCUT2D eigenvalue weighted by atomic mass is 10.0. The summed E-state index contributed by atoms with van der Waals surface area (Å²) in [6.45, 7) is 4.32. The van der Waals surface area contributed by atoms with Gasteiger partial charge in [0, 0.05) is 24.2 Å². The molecule has 68 valence electrons. The van der Waals surface area contributed by atoms with E-state index in [-0.39, 0.29) is 5.38 Å². The van der Waals surface area contributed by atoms with Crippen molar-refractivity contribution in [3.05, 3.63) is 18.2 Å². The topological polar surface area (TPSA) is 28.7 Å². The van der Waals surface area contributed by atoms with E-state index in [1.165, 1.54) is 0 Å². The zero-order valence-corrected chi connectivity index (χ0v) is 8.30. The van der Waals surface area contributed by atoms with E-state index in [4.69, 9.17) is 11.6 Å². The minimum atomic E-state index is 0.196. The minimum Gasteiger partial charge on any atom is -0.349 e. The quantitative estimate of drug-likeness (QED) is 0.720. The van der Waals surface area contributed by atoms with Gasteiger partial charge in [0.15, 0.2) is 0 Å². The molecule has 1 N–H and O–H groups in total. The molecule has 0 spiro atoms. The number of hydrogen-bond acceptors (Lipinski definition) is 1. The van der Waals surface area contributed by atoms with E-state index >= 15 is 0 Å². The molecule has 0 aliphatic rings. The van der Waals surface area contributed by atoms with Gasteiger partial charge in [0.25, 0.3) is 0 Å². The third-order valence-electron chi connectivity index (χ3n) is 2.20. The van der Waals surface area contributed by atoms with E-state index in [0.29, 0.717) is 5.92 Å². The van der Waals surface area contributed by atoms with Crippen LogP contribution in [0, 0.1) is 5.92 Å². The molecule has 3 heteroatoms. The summed E-state index contributed by atoms with van der Waals surface area (Å²) in [5.41, 5.74) is 0. The van der Waals surface area contributed by atoms with Crippen LogP contribution in [0.2, 0.25) is 0 Å². The Labute approximate surface area is 78.4 Å². The summed E-state index contributed by atoms with van der Waals surface area (Å²) in [5.74, 6) is 1.53. The SMILES string of the molecule is CCC(C)C(Cl)Cc1ncc[nH]1. The summed E-state index contributed by atoms with van der Waals surface area (Å²) < 4.78 is 0. The molecule has 0 fully saturated rings. The van der Waals surface area contributed by atoms with Crippen LogP contribution in [0.25, 0.3) is 0 Å². The first-order valence-corrected chi connectivity index (χ1v) is 4.80. The lowest BCUT2D eigenvalue weighted by Gasteiger charge is -2.14. The molecule has 0 aromatic carbocycles. The van der Waals surface area contributed by atoms with Crippen molar-refractivity contribution in [2.24, 2.45) is 5.92 Å². The molecule has 0 saturated heterocycles. The van der Waals surface area contributed by atoms with Crippen molar-refractivity contribution >= 4 is 11.6 Å². The number of aromatic nitrogens is 2. The number of halogens is 1. The van der Waals surface area contributed by atoms with E-state index in [9.17, 15) is 0 Å². The van der Waals surface area contributed by atoms with Gasteiger partial charge in [0.1, 0.15) is 5.82 Å². The van der Waals surface area contributed by atoms with Crippen LogP contribution in [-0.2, 0) is 6.42 Å². The zero-order valence-electron chi connectivity index (χ0n) is 7.55. The Bertz CT molecular complexity index is 208. The lowest BCUT2D eigenvalue weighted by Crippen LogP contribution is -2.14. The summed E-state index contributed by atoms with van der Waals surface area (Å²) in [4.78, 5) is 7.18. The van der Waals surface area contributed by atoms with Crippen molar-refractivity contribution < 1.29 is 0 Å². The van der Waals surface area contributed by atoms with Crippen LogP contribution in [0.1, 0.15) is 26.1 Å². The molecule has 0 radical (unpaired) electrons. The number of nitrogens with zero attached hydrogens (tertiary/aromatic N) is 1. The van der Waals surface area contributed by atoms with Gasteiger partial charge in [0.2, 0.25) is 0 Å². The van der Waals surface area contributed by atoms with Crippen LogP contribution < -0.4 is 0 Å². The Hall–Kier alpha value is -0.500. The molecule has 0 aliphatic heterocycles. The van der Waals surface area contributed by atoms with Crippen molar-refractivity contribution in [1.82, 2.24) is 9.97 Å². The molecule has 0 amide bonds. The van der Waals surface area contributed by atoms with Gasteiger partial charge in [-0.25, -0.2) is 4.98 Å². The highest BCUT2D eigenvalue weighted by Gasteiger charge is 2.13. The molecule has 0 saturated carbocycles. The summed E-state index contributed by atoms with van der Waals surface area (Å²) in [6, 6.07) is 0. The van der Waals surface area contributed by atoms with Crippen molar-refractivity contribution in [1.29, 1.82) is 0 Å². The van der Waals surface area contributed by atoms with Crippen LogP contribution in [-0.4, -0.2) is 15.3 Å². The lowest BCUT2D eigenvalue weighted by molar-refractivity contribution is 0.519. The Balaban J connectivity index is 2.41. The highest BCUT2D eigenvalue weighted by molar-refractivity contribution is 6.20. The summed E-state index contributed by atoms with van der Waals surface area (Å²) in [7, 11) is 0. The maximum atomic E-state index is 6.16. The summed E-state index contributed by atoms with van der Waals surface area (Å²) in [6.07, 6.45) is 5.55. The predicted molar refractivity (Wildman–Crippen MR) is 51.4 cm³/mol. The molecule has 2 unspecified atom stereocenters. The Morgan fingerprint density at radius 1 is 1.67 bits per heavy atom. The van der Waals surface area contributed by atoms with Gasteiger partial charge >= 0.3 is 0 Å². The molecule has 1 heterocycles. The average molecular weight is 187 g/mol. The first-order valence-electron chi connectivity index (χ1n) is 4.36. The molecule has 1 rings (SSSR count).